The first kappa shape index (κ1) is 14.5. The van der Waals surface area contributed by atoms with Crippen molar-refractivity contribution in [2.75, 3.05) is 5.88 Å². The van der Waals surface area contributed by atoms with Gasteiger partial charge in [-0.2, -0.15) is 5.10 Å². The highest BCUT2D eigenvalue weighted by Crippen LogP contribution is 2.28. The lowest BCUT2D eigenvalue weighted by atomic mass is 9.97. The van der Waals surface area contributed by atoms with E-state index in [4.69, 9.17) is 11.6 Å². The van der Waals surface area contributed by atoms with E-state index < -0.39 is 0 Å². The van der Waals surface area contributed by atoms with Crippen LogP contribution < -0.4 is 0 Å². The highest BCUT2D eigenvalue weighted by molar-refractivity contribution is 9.10. The van der Waals surface area contributed by atoms with Crippen molar-refractivity contribution in [2.24, 2.45) is 0 Å². The summed E-state index contributed by atoms with van der Waals surface area (Å²) in [5.74, 6) is 1.78. The minimum atomic E-state index is 0.235. The smallest absolute Gasteiger partial charge is 0.138 e. The Morgan fingerprint density at radius 2 is 2.05 bits per heavy atom. The number of halogens is 2. The summed E-state index contributed by atoms with van der Waals surface area (Å²) in [5, 5.41) is 4.27. The second-order valence-electron chi connectivity index (χ2n) is 4.79. The van der Waals surface area contributed by atoms with E-state index in [1.165, 1.54) is 5.56 Å². The third kappa shape index (κ3) is 3.37. The fraction of sp³-hybridized carbons (Fsp3) is 0.429. The van der Waals surface area contributed by atoms with Crippen molar-refractivity contribution in [2.45, 2.75) is 32.2 Å². The number of nitrogens with zero attached hydrogens (tertiary/aromatic N) is 3. The standard InChI is InChI=1S/C14H17BrClN3/c1-10(2)19-14(17-9-18-19)7-11(8-16)12-5-3-4-6-13(12)15/h3-6,9-11H,7-8H2,1-2H3. The Hall–Kier alpha value is -0.870. The van der Waals surface area contributed by atoms with Gasteiger partial charge in [0.2, 0.25) is 0 Å². The molecule has 0 aliphatic carbocycles. The summed E-state index contributed by atoms with van der Waals surface area (Å²) in [4.78, 5) is 4.36. The zero-order valence-electron chi connectivity index (χ0n) is 11.1. The molecule has 0 N–H and O–H groups in total. The molecule has 0 aliphatic rings. The zero-order chi connectivity index (χ0) is 13.8. The first-order valence-corrected chi connectivity index (χ1v) is 7.65. The van der Waals surface area contributed by atoms with Crippen LogP contribution in [0.4, 0.5) is 0 Å². The van der Waals surface area contributed by atoms with Crippen LogP contribution in [0.1, 0.15) is 37.2 Å². The number of alkyl halides is 1. The van der Waals surface area contributed by atoms with Crippen LogP contribution in [0.25, 0.3) is 0 Å². The van der Waals surface area contributed by atoms with Crippen molar-refractivity contribution in [1.82, 2.24) is 14.8 Å². The molecule has 102 valence electrons. The van der Waals surface area contributed by atoms with E-state index in [9.17, 15) is 0 Å². The van der Waals surface area contributed by atoms with E-state index in [0.29, 0.717) is 11.9 Å². The van der Waals surface area contributed by atoms with Crippen LogP contribution in [0, 0.1) is 0 Å². The summed E-state index contributed by atoms with van der Waals surface area (Å²) in [5.41, 5.74) is 1.22. The van der Waals surface area contributed by atoms with Gasteiger partial charge in [-0.3, -0.25) is 0 Å². The summed E-state index contributed by atoms with van der Waals surface area (Å²) in [7, 11) is 0. The minimum absolute atomic E-state index is 0.235. The lowest BCUT2D eigenvalue weighted by molar-refractivity contribution is 0.496. The summed E-state index contributed by atoms with van der Waals surface area (Å²) in [6, 6.07) is 8.50. The fourth-order valence-electron chi connectivity index (χ4n) is 2.13. The van der Waals surface area contributed by atoms with Crippen LogP contribution in [-0.4, -0.2) is 20.6 Å². The van der Waals surface area contributed by atoms with Crippen molar-refractivity contribution in [1.29, 1.82) is 0 Å². The van der Waals surface area contributed by atoms with Gasteiger partial charge in [-0.05, 0) is 25.5 Å². The first-order chi connectivity index (χ1) is 9.13. The van der Waals surface area contributed by atoms with Crippen molar-refractivity contribution >= 4 is 27.5 Å². The maximum absolute atomic E-state index is 6.14. The molecule has 2 rings (SSSR count). The van der Waals surface area contributed by atoms with Crippen LogP contribution in [0.15, 0.2) is 35.1 Å². The van der Waals surface area contributed by atoms with E-state index in [1.807, 2.05) is 22.9 Å². The molecule has 1 aromatic carbocycles. The third-order valence-electron chi connectivity index (χ3n) is 3.10. The van der Waals surface area contributed by atoms with Gasteiger partial charge in [-0.15, -0.1) is 11.6 Å². The van der Waals surface area contributed by atoms with Crippen molar-refractivity contribution in [3.05, 3.63) is 46.5 Å². The minimum Gasteiger partial charge on any atom is -0.248 e. The molecule has 0 spiro atoms. The van der Waals surface area contributed by atoms with Crippen LogP contribution in [0.3, 0.4) is 0 Å². The van der Waals surface area contributed by atoms with Gasteiger partial charge in [0.1, 0.15) is 12.2 Å². The summed E-state index contributed by atoms with van der Waals surface area (Å²) in [6.07, 6.45) is 2.41. The van der Waals surface area contributed by atoms with Crippen LogP contribution in [-0.2, 0) is 6.42 Å². The monoisotopic (exact) mass is 341 g/mol. The summed E-state index contributed by atoms with van der Waals surface area (Å²) >= 11 is 9.73. The van der Waals surface area contributed by atoms with E-state index in [2.05, 4.69) is 45.9 Å². The van der Waals surface area contributed by atoms with Gasteiger partial charge >= 0.3 is 0 Å². The van der Waals surface area contributed by atoms with Crippen molar-refractivity contribution in [3.63, 3.8) is 0 Å². The topological polar surface area (TPSA) is 30.7 Å². The maximum atomic E-state index is 6.14. The molecule has 1 heterocycles. The van der Waals surface area contributed by atoms with E-state index >= 15 is 0 Å². The lowest BCUT2D eigenvalue weighted by Gasteiger charge is -2.17. The van der Waals surface area contributed by atoms with Gasteiger partial charge in [0.15, 0.2) is 0 Å². The normalized spacial score (nSPS) is 12.9. The molecule has 1 aromatic heterocycles. The second-order valence-corrected chi connectivity index (χ2v) is 5.95. The molecule has 3 nitrogen and oxygen atoms in total. The molecule has 1 unspecified atom stereocenters. The molecule has 1 atom stereocenters. The van der Waals surface area contributed by atoms with Crippen LogP contribution in [0.2, 0.25) is 0 Å². The van der Waals surface area contributed by atoms with Gasteiger partial charge in [0.25, 0.3) is 0 Å². The molecular weight excluding hydrogens is 326 g/mol. The second kappa shape index (κ2) is 6.53. The van der Waals surface area contributed by atoms with Crippen molar-refractivity contribution < 1.29 is 0 Å². The number of rotatable bonds is 5. The van der Waals surface area contributed by atoms with Gasteiger partial charge in [-0.25, -0.2) is 9.67 Å². The Kier molecular flexibility index (Phi) is 4.99. The molecule has 19 heavy (non-hydrogen) atoms. The van der Waals surface area contributed by atoms with Crippen LogP contribution >= 0.6 is 27.5 Å². The molecule has 0 fully saturated rings. The van der Waals surface area contributed by atoms with Gasteiger partial charge < -0.3 is 0 Å². The Morgan fingerprint density at radius 3 is 2.68 bits per heavy atom. The largest absolute Gasteiger partial charge is 0.248 e. The first-order valence-electron chi connectivity index (χ1n) is 6.32. The van der Waals surface area contributed by atoms with Crippen molar-refractivity contribution in [3.8, 4) is 0 Å². The number of hydrogen-bond donors (Lipinski definition) is 0. The highest BCUT2D eigenvalue weighted by Gasteiger charge is 2.18. The molecule has 0 aliphatic heterocycles. The Labute approximate surface area is 127 Å². The zero-order valence-corrected chi connectivity index (χ0v) is 13.4. The average Bonchev–Trinajstić information content (AvgIpc) is 2.85. The molecule has 0 saturated carbocycles. The maximum Gasteiger partial charge on any atom is 0.138 e. The van der Waals surface area contributed by atoms with Gasteiger partial charge in [-0.1, -0.05) is 34.1 Å². The predicted molar refractivity (Wildman–Crippen MR) is 81.7 cm³/mol. The average molecular weight is 343 g/mol. The molecule has 5 heteroatoms. The highest BCUT2D eigenvalue weighted by atomic mass is 79.9. The Balaban J connectivity index is 2.25. The Morgan fingerprint density at radius 1 is 1.32 bits per heavy atom. The predicted octanol–water partition coefficient (Wildman–Crippen LogP) is 4.19. The molecular formula is C14H17BrClN3. The fourth-order valence-corrected chi connectivity index (χ4v) is 3.01. The van der Waals surface area contributed by atoms with Gasteiger partial charge in [0, 0.05) is 28.7 Å². The Bertz CT molecular complexity index is 539. The molecule has 0 bridgehead atoms. The van der Waals surface area contributed by atoms with Crippen LogP contribution in [0.5, 0.6) is 0 Å². The SMILES string of the molecule is CC(C)n1ncnc1CC(CCl)c1ccccc1Br. The van der Waals surface area contributed by atoms with E-state index in [-0.39, 0.29) is 5.92 Å². The molecule has 0 amide bonds. The quantitative estimate of drug-likeness (QED) is 0.763. The lowest BCUT2D eigenvalue weighted by Crippen LogP contribution is -2.13. The third-order valence-corrected chi connectivity index (χ3v) is 4.19. The summed E-state index contributed by atoms with van der Waals surface area (Å²) in [6.45, 7) is 4.21. The summed E-state index contributed by atoms with van der Waals surface area (Å²) < 4.78 is 3.05. The van der Waals surface area contributed by atoms with Gasteiger partial charge in [0.05, 0.1) is 0 Å². The number of benzene rings is 1. The van der Waals surface area contributed by atoms with E-state index in [1.54, 1.807) is 6.33 Å². The molecule has 2 aromatic rings. The molecule has 0 saturated heterocycles. The van der Waals surface area contributed by atoms with E-state index in [0.717, 1.165) is 16.7 Å². The number of aromatic nitrogens is 3. The molecule has 0 radical (unpaired) electrons. The number of hydrogen-bond acceptors (Lipinski definition) is 2.